The van der Waals surface area contributed by atoms with Crippen molar-refractivity contribution in [2.24, 2.45) is 33.5 Å². The highest BCUT2D eigenvalue weighted by atomic mass is 16.5. The van der Waals surface area contributed by atoms with Crippen LogP contribution in [0.1, 0.15) is 112 Å². The molecular formula is C25H46O. The van der Waals surface area contributed by atoms with Crippen LogP contribution in [0.25, 0.3) is 0 Å². The van der Waals surface area contributed by atoms with Crippen molar-refractivity contribution in [3.8, 4) is 0 Å². The van der Waals surface area contributed by atoms with E-state index in [9.17, 15) is 0 Å². The van der Waals surface area contributed by atoms with Gasteiger partial charge in [-0.3, -0.25) is 0 Å². The van der Waals surface area contributed by atoms with Crippen LogP contribution < -0.4 is 0 Å². The maximum Gasteiger partial charge on any atom is 0.0625 e. The summed E-state index contributed by atoms with van der Waals surface area (Å²) in [6, 6.07) is 0. The van der Waals surface area contributed by atoms with Crippen molar-refractivity contribution in [1.82, 2.24) is 0 Å². The van der Waals surface area contributed by atoms with Crippen LogP contribution in [0.15, 0.2) is 0 Å². The molecule has 0 heterocycles. The molecule has 3 saturated carbocycles. The molecule has 0 spiro atoms. The van der Waals surface area contributed by atoms with Gasteiger partial charge in [-0.15, -0.1) is 0 Å². The molecule has 3 fully saturated rings. The summed E-state index contributed by atoms with van der Waals surface area (Å²) in [6.45, 7) is 15.4. The zero-order valence-corrected chi connectivity index (χ0v) is 18.9. The largest absolute Gasteiger partial charge is 0.381 e. The van der Waals surface area contributed by atoms with Gasteiger partial charge in [0.15, 0.2) is 0 Å². The quantitative estimate of drug-likeness (QED) is 0.457. The summed E-state index contributed by atoms with van der Waals surface area (Å²) in [7, 11) is 1.94. The van der Waals surface area contributed by atoms with E-state index in [-0.39, 0.29) is 0 Å². The predicted molar refractivity (Wildman–Crippen MR) is 112 cm³/mol. The highest BCUT2D eigenvalue weighted by Gasteiger charge is 2.64. The Morgan fingerprint density at radius 1 is 0.846 bits per heavy atom. The smallest absolute Gasteiger partial charge is 0.0625 e. The second-order valence-electron chi connectivity index (χ2n) is 11.6. The molecule has 0 saturated heterocycles. The van der Waals surface area contributed by atoms with Crippen LogP contribution in [-0.2, 0) is 4.74 Å². The van der Waals surface area contributed by atoms with Crippen LogP contribution in [0, 0.1) is 33.5 Å². The standard InChI is InChI=1S/C25H46O/c1-8-9-10-15-23(4)16-11-12-20-24(5)17-14-21(26-7)22(2,3)19(24)13-18-25(20,23)6/h19-21H,8-18H2,1-7H3/t19?,20?,21-,23+,24-,25+/m0/s1. The first-order valence-corrected chi connectivity index (χ1v) is 11.7. The molecular weight excluding hydrogens is 316 g/mol. The molecule has 3 aliphatic carbocycles. The van der Waals surface area contributed by atoms with Gasteiger partial charge in [0.05, 0.1) is 6.10 Å². The maximum atomic E-state index is 5.97. The monoisotopic (exact) mass is 362 g/mol. The fraction of sp³-hybridized carbons (Fsp3) is 1.00. The molecule has 0 radical (unpaired) electrons. The van der Waals surface area contributed by atoms with E-state index >= 15 is 0 Å². The van der Waals surface area contributed by atoms with Gasteiger partial charge in [0, 0.05) is 7.11 Å². The number of methoxy groups -OCH3 is 1. The number of ether oxygens (including phenoxy) is 1. The summed E-state index contributed by atoms with van der Waals surface area (Å²) in [5, 5.41) is 0. The van der Waals surface area contributed by atoms with Crippen LogP contribution in [0.3, 0.4) is 0 Å². The lowest BCUT2D eigenvalue weighted by Crippen LogP contribution is -2.62. The van der Waals surface area contributed by atoms with Crippen molar-refractivity contribution >= 4 is 0 Å². The number of rotatable bonds is 5. The molecule has 3 aliphatic rings. The fourth-order valence-corrected chi connectivity index (χ4v) is 8.48. The first-order valence-electron chi connectivity index (χ1n) is 11.7. The summed E-state index contributed by atoms with van der Waals surface area (Å²) in [5.74, 6) is 1.73. The van der Waals surface area contributed by atoms with Gasteiger partial charge >= 0.3 is 0 Å². The molecule has 0 bridgehead atoms. The van der Waals surface area contributed by atoms with Crippen molar-refractivity contribution in [2.45, 2.75) is 118 Å². The van der Waals surface area contributed by atoms with E-state index in [2.05, 4.69) is 41.5 Å². The molecule has 152 valence electrons. The molecule has 2 unspecified atom stereocenters. The number of unbranched alkanes of at least 4 members (excludes halogenated alkanes) is 2. The van der Waals surface area contributed by atoms with Crippen molar-refractivity contribution in [3.05, 3.63) is 0 Å². The molecule has 0 aromatic carbocycles. The summed E-state index contributed by atoms with van der Waals surface area (Å²) < 4.78 is 5.97. The lowest BCUT2D eigenvalue weighted by atomic mass is 9.36. The molecule has 3 rings (SSSR count). The third-order valence-electron chi connectivity index (χ3n) is 10.2. The van der Waals surface area contributed by atoms with Crippen molar-refractivity contribution in [2.75, 3.05) is 7.11 Å². The number of hydrogen-bond donors (Lipinski definition) is 0. The summed E-state index contributed by atoms with van der Waals surface area (Å²) in [6.07, 6.45) is 16.0. The molecule has 0 aromatic rings. The second kappa shape index (κ2) is 7.09. The van der Waals surface area contributed by atoms with E-state index in [1.165, 1.54) is 70.6 Å². The van der Waals surface area contributed by atoms with Gasteiger partial charge in [-0.05, 0) is 78.4 Å². The lowest BCUT2D eigenvalue weighted by molar-refractivity contribution is -0.216. The first kappa shape index (κ1) is 20.7. The average Bonchev–Trinajstić information content (AvgIpc) is 2.56. The minimum absolute atomic E-state index is 0.319. The second-order valence-corrected chi connectivity index (χ2v) is 11.6. The van der Waals surface area contributed by atoms with Gasteiger partial charge in [-0.25, -0.2) is 0 Å². The van der Waals surface area contributed by atoms with Gasteiger partial charge in [0.2, 0.25) is 0 Å². The Morgan fingerprint density at radius 2 is 1.58 bits per heavy atom. The van der Waals surface area contributed by atoms with Gasteiger partial charge < -0.3 is 4.74 Å². The topological polar surface area (TPSA) is 9.23 Å². The summed E-state index contributed by atoms with van der Waals surface area (Å²) in [5.41, 5.74) is 1.93. The zero-order chi connectivity index (χ0) is 19.2. The molecule has 0 aromatic heterocycles. The normalized spacial score (nSPS) is 47.9. The van der Waals surface area contributed by atoms with Gasteiger partial charge in [0.1, 0.15) is 0 Å². The van der Waals surface area contributed by atoms with E-state index in [0.29, 0.717) is 27.8 Å². The van der Waals surface area contributed by atoms with E-state index < -0.39 is 0 Å². The van der Waals surface area contributed by atoms with Gasteiger partial charge in [-0.1, -0.05) is 67.2 Å². The Labute approximate surface area is 164 Å². The summed E-state index contributed by atoms with van der Waals surface area (Å²) >= 11 is 0. The fourth-order valence-electron chi connectivity index (χ4n) is 8.48. The molecule has 1 nitrogen and oxygen atoms in total. The zero-order valence-electron chi connectivity index (χ0n) is 18.9. The van der Waals surface area contributed by atoms with Gasteiger partial charge in [0.25, 0.3) is 0 Å². The van der Waals surface area contributed by atoms with Gasteiger partial charge in [-0.2, -0.15) is 0 Å². The van der Waals surface area contributed by atoms with Crippen LogP contribution >= 0.6 is 0 Å². The van der Waals surface area contributed by atoms with Crippen LogP contribution in [0.5, 0.6) is 0 Å². The van der Waals surface area contributed by atoms with Crippen molar-refractivity contribution < 1.29 is 4.74 Å². The third-order valence-corrected chi connectivity index (χ3v) is 10.2. The minimum atomic E-state index is 0.319. The highest BCUT2D eigenvalue weighted by Crippen LogP contribution is 2.71. The number of fused-ring (bicyclic) bond motifs is 3. The van der Waals surface area contributed by atoms with Crippen LogP contribution in [0.4, 0.5) is 0 Å². The molecule has 6 atom stereocenters. The minimum Gasteiger partial charge on any atom is -0.381 e. The first-order chi connectivity index (χ1) is 12.2. The van der Waals surface area contributed by atoms with E-state index in [1.54, 1.807) is 0 Å². The third kappa shape index (κ3) is 2.90. The molecule has 0 N–H and O–H groups in total. The molecule has 1 heteroatoms. The van der Waals surface area contributed by atoms with Crippen LogP contribution in [-0.4, -0.2) is 13.2 Å². The molecule has 26 heavy (non-hydrogen) atoms. The SMILES string of the molecule is CCCCC[C@]1(C)CCCC2[C@@]3(C)CC[C@H](OC)C(C)(C)C3CC[C@]21C. The predicted octanol–water partition coefficient (Wildman–Crippen LogP) is 7.63. The van der Waals surface area contributed by atoms with E-state index in [0.717, 1.165) is 11.8 Å². The Bertz CT molecular complexity index is 496. The van der Waals surface area contributed by atoms with Crippen molar-refractivity contribution in [1.29, 1.82) is 0 Å². The Balaban J connectivity index is 1.91. The average molecular weight is 363 g/mol. The van der Waals surface area contributed by atoms with E-state index in [4.69, 9.17) is 4.74 Å². The van der Waals surface area contributed by atoms with Crippen molar-refractivity contribution in [3.63, 3.8) is 0 Å². The summed E-state index contributed by atoms with van der Waals surface area (Å²) in [4.78, 5) is 0. The molecule has 0 aliphatic heterocycles. The Morgan fingerprint density at radius 3 is 2.23 bits per heavy atom. The lowest BCUT2D eigenvalue weighted by Gasteiger charge is -2.69. The van der Waals surface area contributed by atoms with E-state index in [1.807, 2.05) is 7.11 Å². The maximum absolute atomic E-state index is 5.97. The Hall–Kier alpha value is -0.0400. The highest BCUT2D eigenvalue weighted by molar-refractivity contribution is 5.13. The van der Waals surface area contributed by atoms with Crippen LogP contribution in [0.2, 0.25) is 0 Å². The molecule has 0 amide bonds. The number of hydrogen-bond acceptors (Lipinski definition) is 1. The Kier molecular flexibility index (Phi) is 5.64.